The zero-order valence-electron chi connectivity index (χ0n) is 10.4. The molecule has 0 aliphatic carbocycles. The fourth-order valence-corrected chi connectivity index (χ4v) is 1.62. The lowest BCUT2D eigenvalue weighted by Gasteiger charge is -2.12. The van der Waals surface area contributed by atoms with Crippen molar-refractivity contribution in [3.05, 3.63) is 35.9 Å². The Labute approximate surface area is 116 Å². The molecule has 1 aromatic rings. The summed E-state index contributed by atoms with van der Waals surface area (Å²) in [6, 6.07) is 9.36. The maximum Gasteiger partial charge on any atom is 0.404 e. The molecule has 6 heteroatoms. The highest BCUT2D eigenvalue weighted by atomic mass is 35.5. The van der Waals surface area contributed by atoms with Crippen LogP contribution in [0.25, 0.3) is 0 Å². The van der Waals surface area contributed by atoms with Crippen molar-refractivity contribution in [2.75, 3.05) is 19.7 Å². The molecule has 106 valence electrons. The standard InChI is InChI=1S/C8H7ClO2.C5H10FNO/c9-8(10)11-6-7-4-2-1-3-5-7;6-5(4-8)1-2-7-3-5/h1-5H,6H2;7-8H,1-4H2. The minimum atomic E-state index is -1.32. The van der Waals surface area contributed by atoms with E-state index in [0.717, 1.165) is 5.56 Å². The summed E-state index contributed by atoms with van der Waals surface area (Å²) < 4.78 is 17.3. The van der Waals surface area contributed by atoms with Gasteiger partial charge in [0.25, 0.3) is 0 Å². The summed E-state index contributed by atoms with van der Waals surface area (Å²) in [5, 5.41) is 11.2. The van der Waals surface area contributed by atoms with Crippen LogP contribution >= 0.6 is 11.6 Å². The van der Waals surface area contributed by atoms with Crippen LogP contribution in [-0.4, -0.2) is 35.9 Å². The number of halogens is 2. The van der Waals surface area contributed by atoms with Gasteiger partial charge in [-0.05, 0) is 18.5 Å². The van der Waals surface area contributed by atoms with Gasteiger partial charge < -0.3 is 15.2 Å². The summed E-state index contributed by atoms with van der Waals surface area (Å²) in [7, 11) is 0. The molecular weight excluding hydrogens is 273 g/mol. The molecule has 1 aromatic carbocycles. The molecule has 19 heavy (non-hydrogen) atoms. The van der Waals surface area contributed by atoms with Crippen molar-refractivity contribution in [1.29, 1.82) is 0 Å². The Morgan fingerprint density at radius 1 is 1.47 bits per heavy atom. The van der Waals surface area contributed by atoms with Crippen molar-refractivity contribution >= 4 is 17.0 Å². The first-order valence-electron chi connectivity index (χ1n) is 5.92. The Kier molecular flexibility index (Phi) is 6.77. The maximum absolute atomic E-state index is 12.7. The number of carbonyl (C=O) groups excluding carboxylic acids is 1. The molecule has 1 aliphatic heterocycles. The van der Waals surface area contributed by atoms with Gasteiger partial charge in [-0.15, -0.1) is 0 Å². The van der Waals surface area contributed by atoms with Gasteiger partial charge in [-0.1, -0.05) is 30.3 Å². The van der Waals surface area contributed by atoms with Crippen molar-refractivity contribution in [2.45, 2.75) is 18.7 Å². The van der Waals surface area contributed by atoms with E-state index in [4.69, 9.17) is 16.7 Å². The van der Waals surface area contributed by atoms with Gasteiger partial charge in [-0.25, -0.2) is 9.18 Å². The van der Waals surface area contributed by atoms with Gasteiger partial charge in [0.05, 0.1) is 6.61 Å². The number of rotatable bonds is 3. The van der Waals surface area contributed by atoms with Gasteiger partial charge >= 0.3 is 5.43 Å². The highest BCUT2D eigenvalue weighted by molar-refractivity contribution is 6.61. The third-order valence-electron chi connectivity index (χ3n) is 2.67. The normalized spacial score (nSPS) is 21.4. The van der Waals surface area contributed by atoms with E-state index in [2.05, 4.69) is 10.1 Å². The average Bonchev–Trinajstić information content (AvgIpc) is 2.86. The van der Waals surface area contributed by atoms with E-state index in [0.29, 0.717) is 19.5 Å². The van der Waals surface area contributed by atoms with E-state index < -0.39 is 11.1 Å². The largest absolute Gasteiger partial charge is 0.449 e. The summed E-state index contributed by atoms with van der Waals surface area (Å²) in [5.41, 5.74) is -1.16. The first-order valence-corrected chi connectivity index (χ1v) is 6.30. The molecular formula is C13H17ClFNO3. The molecule has 0 aromatic heterocycles. The Morgan fingerprint density at radius 2 is 2.16 bits per heavy atom. The van der Waals surface area contributed by atoms with Crippen LogP contribution in [0.3, 0.4) is 0 Å². The molecule has 2 rings (SSSR count). The molecule has 1 saturated heterocycles. The zero-order valence-corrected chi connectivity index (χ0v) is 11.2. The Morgan fingerprint density at radius 3 is 2.58 bits per heavy atom. The van der Waals surface area contributed by atoms with Crippen LogP contribution in [0.4, 0.5) is 9.18 Å². The van der Waals surface area contributed by atoms with Crippen LogP contribution in [0.1, 0.15) is 12.0 Å². The molecule has 2 N–H and O–H groups in total. The Hall–Kier alpha value is -1.17. The lowest BCUT2D eigenvalue weighted by molar-refractivity contribution is 0.0894. The Balaban J connectivity index is 0.000000200. The molecule has 1 unspecified atom stereocenters. The first kappa shape index (κ1) is 15.9. The molecule has 0 amide bonds. The van der Waals surface area contributed by atoms with Crippen LogP contribution in [0, 0.1) is 0 Å². The predicted molar refractivity (Wildman–Crippen MR) is 70.9 cm³/mol. The second-order valence-electron chi connectivity index (χ2n) is 4.25. The van der Waals surface area contributed by atoms with Crippen molar-refractivity contribution in [3.63, 3.8) is 0 Å². The van der Waals surface area contributed by atoms with Crippen molar-refractivity contribution < 1.29 is 19.0 Å². The number of alkyl halides is 1. The second kappa shape index (κ2) is 8.09. The molecule has 0 spiro atoms. The van der Waals surface area contributed by atoms with Crippen LogP contribution in [-0.2, 0) is 11.3 Å². The number of hydrogen-bond donors (Lipinski definition) is 2. The maximum atomic E-state index is 12.7. The van der Waals surface area contributed by atoms with Crippen LogP contribution in [0.2, 0.25) is 0 Å². The second-order valence-corrected chi connectivity index (χ2v) is 4.56. The van der Waals surface area contributed by atoms with Gasteiger partial charge in [0, 0.05) is 18.1 Å². The molecule has 1 heterocycles. The highest BCUT2D eigenvalue weighted by Crippen LogP contribution is 2.17. The third-order valence-corrected chi connectivity index (χ3v) is 2.78. The summed E-state index contributed by atoms with van der Waals surface area (Å²) >= 11 is 4.97. The van der Waals surface area contributed by atoms with Gasteiger partial charge in [0.15, 0.2) is 0 Å². The number of aliphatic hydroxyl groups is 1. The number of benzene rings is 1. The van der Waals surface area contributed by atoms with Crippen molar-refractivity contribution in [1.82, 2.24) is 5.32 Å². The first-order chi connectivity index (χ1) is 9.06. The van der Waals surface area contributed by atoms with Crippen LogP contribution in [0.15, 0.2) is 30.3 Å². The molecule has 0 radical (unpaired) electrons. The molecule has 1 atom stereocenters. The van der Waals surface area contributed by atoms with E-state index in [9.17, 15) is 9.18 Å². The van der Waals surface area contributed by atoms with Gasteiger partial charge in [-0.3, -0.25) is 0 Å². The molecule has 0 saturated carbocycles. The lowest BCUT2D eigenvalue weighted by Crippen LogP contribution is -2.29. The highest BCUT2D eigenvalue weighted by Gasteiger charge is 2.32. The predicted octanol–water partition coefficient (Wildman–Crippen LogP) is 2.24. The molecule has 0 bridgehead atoms. The van der Waals surface area contributed by atoms with Gasteiger partial charge in [0.2, 0.25) is 0 Å². The minimum absolute atomic E-state index is 0.239. The third kappa shape index (κ3) is 6.52. The van der Waals surface area contributed by atoms with E-state index in [1.165, 1.54) is 0 Å². The number of nitrogens with one attached hydrogen (secondary N) is 1. The zero-order chi connectivity index (χ0) is 14.1. The minimum Gasteiger partial charge on any atom is -0.449 e. The molecule has 1 aliphatic rings. The van der Waals surface area contributed by atoms with Gasteiger partial charge in [-0.2, -0.15) is 0 Å². The topological polar surface area (TPSA) is 58.6 Å². The van der Waals surface area contributed by atoms with Crippen LogP contribution in [0.5, 0.6) is 0 Å². The SMILES string of the molecule is O=C(Cl)OCc1ccccc1.OCC1(F)CCNC1. The van der Waals surface area contributed by atoms with E-state index in [1.54, 1.807) is 0 Å². The fraction of sp³-hybridized carbons (Fsp3) is 0.462. The summed E-state index contributed by atoms with van der Waals surface area (Å²) in [5.74, 6) is 0. The Bertz CT molecular complexity index is 383. The van der Waals surface area contributed by atoms with E-state index >= 15 is 0 Å². The number of carbonyl (C=O) groups is 1. The summed E-state index contributed by atoms with van der Waals surface area (Å²) in [6.45, 7) is 0.893. The smallest absolute Gasteiger partial charge is 0.404 e. The number of aliphatic hydroxyl groups excluding tert-OH is 1. The molecule has 1 fully saturated rings. The fourth-order valence-electron chi connectivity index (χ4n) is 1.56. The quantitative estimate of drug-likeness (QED) is 0.838. The monoisotopic (exact) mass is 289 g/mol. The van der Waals surface area contributed by atoms with Gasteiger partial charge in [0.1, 0.15) is 12.3 Å². The molecule has 4 nitrogen and oxygen atoms in total. The van der Waals surface area contributed by atoms with Crippen LogP contribution < -0.4 is 5.32 Å². The average molecular weight is 290 g/mol. The summed E-state index contributed by atoms with van der Waals surface area (Å²) in [4.78, 5) is 10.2. The summed E-state index contributed by atoms with van der Waals surface area (Å²) in [6.07, 6.45) is 0.448. The van der Waals surface area contributed by atoms with Crippen molar-refractivity contribution in [3.8, 4) is 0 Å². The lowest BCUT2D eigenvalue weighted by atomic mass is 10.1. The van der Waals surface area contributed by atoms with E-state index in [1.807, 2.05) is 30.3 Å². The van der Waals surface area contributed by atoms with E-state index in [-0.39, 0.29) is 13.2 Å². The number of ether oxygens (including phenoxy) is 1. The number of hydrogen-bond acceptors (Lipinski definition) is 4. The van der Waals surface area contributed by atoms with Crippen molar-refractivity contribution in [2.24, 2.45) is 0 Å².